The van der Waals surface area contributed by atoms with Gasteiger partial charge in [-0.05, 0) is 0 Å². The molecule has 0 unspecified atom stereocenters. The average Bonchev–Trinajstić information content (AvgIpc) is 1.37. The van der Waals surface area contributed by atoms with Crippen molar-refractivity contribution < 1.29 is 9.53 Å². The van der Waals surface area contributed by atoms with Crippen LogP contribution in [0.25, 0.3) is 0 Å². The molecule has 0 saturated carbocycles. The van der Waals surface area contributed by atoms with Gasteiger partial charge >= 0.3 is 0 Å². The van der Waals surface area contributed by atoms with E-state index in [4.69, 9.17) is 4.79 Å². The van der Waals surface area contributed by atoms with Gasteiger partial charge < -0.3 is 4.74 Å². The molecule has 3 heteroatoms. The molecule has 5 heavy (non-hydrogen) atoms. The summed E-state index contributed by atoms with van der Waals surface area (Å²) in [5, 5.41) is 0. The second kappa shape index (κ2) is 9.25. The quantitative estimate of drug-likeness (QED) is 0.436. The monoisotopic (exact) mass is 96.0 g/mol. The number of methoxy groups -OCH3 is 1. The van der Waals surface area contributed by atoms with E-state index in [1.165, 1.54) is 7.11 Å². The van der Waals surface area contributed by atoms with Crippen LogP contribution in [0.2, 0.25) is 0 Å². The maximum Gasteiger partial charge on any atom is 0.292 e. The van der Waals surface area contributed by atoms with E-state index in [0.717, 1.165) is 0 Å². The van der Waals surface area contributed by atoms with Crippen molar-refractivity contribution in [1.29, 1.82) is 0 Å². The summed E-state index contributed by atoms with van der Waals surface area (Å²) in [6.07, 6.45) is 0. The SMILES string of the molecule is COC=O.Cl. The first kappa shape index (κ1) is 8.83. The fraction of sp³-hybridized carbons (Fsp3) is 0.500. The lowest BCUT2D eigenvalue weighted by atomic mass is 11.5. The van der Waals surface area contributed by atoms with Crippen LogP contribution in [0.5, 0.6) is 0 Å². The standard InChI is InChI=1S/C2H4O2.ClH/c1-4-2-3;/h2H,1H3;1H. The first-order chi connectivity index (χ1) is 1.91. The maximum absolute atomic E-state index is 8.95. The van der Waals surface area contributed by atoms with Gasteiger partial charge in [0.05, 0.1) is 7.11 Å². The van der Waals surface area contributed by atoms with Gasteiger partial charge in [0.1, 0.15) is 0 Å². The Balaban J connectivity index is 0. The molecule has 0 heterocycles. The van der Waals surface area contributed by atoms with Crippen molar-refractivity contribution in [3.63, 3.8) is 0 Å². The molecule has 32 valence electrons. The number of hydrogen-bond acceptors (Lipinski definition) is 2. The molecule has 0 aliphatic heterocycles. The molecule has 0 N–H and O–H groups in total. The van der Waals surface area contributed by atoms with Crippen LogP contribution in [0.3, 0.4) is 0 Å². The van der Waals surface area contributed by atoms with Crippen LogP contribution < -0.4 is 0 Å². The zero-order valence-electron chi connectivity index (χ0n) is 2.80. The van der Waals surface area contributed by atoms with E-state index in [2.05, 4.69) is 4.74 Å². The molecule has 0 fully saturated rings. The van der Waals surface area contributed by atoms with E-state index in [0.29, 0.717) is 6.47 Å². The van der Waals surface area contributed by atoms with Crippen molar-refractivity contribution in [2.24, 2.45) is 0 Å². The summed E-state index contributed by atoms with van der Waals surface area (Å²) >= 11 is 0. The third kappa shape index (κ3) is 20.2. The van der Waals surface area contributed by atoms with Gasteiger partial charge in [0, 0.05) is 0 Å². The van der Waals surface area contributed by atoms with Crippen LogP contribution in [-0.2, 0) is 9.53 Å². The molecule has 0 atom stereocenters. The summed E-state index contributed by atoms with van der Waals surface area (Å²) in [6.45, 7) is 0.375. The van der Waals surface area contributed by atoms with Gasteiger partial charge in [-0.25, -0.2) is 0 Å². The average molecular weight is 96.5 g/mol. The molecule has 0 aliphatic rings. The van der Waals surface area contributed by atoms with Crippen molar-refractivity contribution in [3.05, 3.63) is 0 Å². The summed E-state index contributed by atoms with van der Waals surface area (Å²) in [7, 11) is 1.31. The normalized spacial score (nSPS) is 4.20. The molecule has 0 rings (SSSR count). The van der Waals surface area contributed by atoms with E-state index >= 15 is 0 Å². The molecule has 0 aromatic carbocycles. The summed E-state index contributed by atoms with van der Waals surface area (Å²) in [5.74, 6) is 0. The molecule has 0 aromatic rings. The first-order valence-electron chi connectivity index (χ1n) is 0.880. The first-order valence-corrected chi connectivity index (χ1v) is 0.880. The Morgan fingerprint density at radius 3 is 2.00 bits per heavy atom. The fourth-order valence-electron chi connectivity index (χ4n) is 0. The van der Waals surface area contributed by atoms with E-state index in [-0.39, 0.29) is 12.4 Å². The molecule has 0 radical (unpaired) electrons. The van der Waals surface area contributed by atoms with Crippen molar-refractivity contribution in [2.75, 3.05) is 7.11 Å². The summed E-state index contributed by atoms with van der Waals surface area (Å²) < 4.78 is 3.86. The largest absolute Gasteiger partial charge is 0.471 e. The minimum atomic E-state index is 0. The van der Waals surface area contributed by atoms with Crippen LogP contribution in [0.15, 0.2) is 0 Å². The molecule has 0 bridgehead atoms. The number of carbonyl (C=O) groups is 1. The van der Waals surface area contributed by atoms with Gasteiger partial charge in [-0.15, -0.1) is 12.4 Å². The van der Waals surface area contributed by atoms with Gasteiger partial charge in [0.15, 0.2) is 0 Å². The minimum Gasteiger partial charge on any atom is -0.471 e. The van der Waals surface area contributed by atoms with Crippen LogP contribution in [0.1, 0.15) is 0 Å². The number of carbonyl (C=O) groups excluding carboxylic acids is 1. The summed E-state index contributed by atoms with van der Waals surface area (Å²) in [6, 6.07) is 0. The highest BCUT2D eigenvalue weighted by atomic mass is 35.5. The number of ether oxygens (including phenoxy) is 1. The highest BCUT2D eigenvalue weighted by Gasteiger charge is 1.44. The van der Waals surface area contributed by atoms with Gasteiger partial charge in [-0.2, -0.15) is 0 Å². The Kier molecular flexibility index (Phi) is 16.3. The Morgan fingerprint density at radius 2 is 2.00 bits per heavy atom. The molecule has 0 amide bonds. The molecule has 2 nitrogen and oxygen atoms in total. The Hall–Kier alpha value is -0.240. The predicted molar refractivity (Wildman–Crippen MR) is 20.3 cm³/mol. The molecule has 0 spiro atoms. The van der Waals surface area contributed by atoms with E-state index in [1.807, 2.05) is 0 Å². The molecule has 0 aromatic heterocycles. The topological polar surface area (TPSA) is 26.3 Å². The third-order valence-corrected chi connectivity index (χ3v) is 0.0962. The highest BCUT2D eigenvalue weighted by Crippen LogP contribution is 1.35. The summed E-state index contributed by atoms with van der Waals surface area (Å²) in [4.78, 5) is 8.95. The smallest absolute Gasteiger partial charge is 0.292 e. The van der Waals surface area contributed by atoms with Gasteiger partial charge in [0.25, 0.3) is 6.47 Å². The van der Waals surface area contributed by atoms with Crippen molar-refractivity contribution in [1.82, 2.24) is 0 Å². The second-order valence-corrected chi connectivity index (χ2v) is 0.332. The minimum absolute atomic E-state index is 0. The Labute approximate surface area is 36.5 Å². The predicted octanol–water partition coefficient (Wildman–Crippen LogP) is 0.211. The number of hydrogen-bond donors (Lipinski definition) is 0. The van der Waals surface area contributed by atoms with E-state index in [9.17, 15) is 0 Å². The lowest BCUT2D eigenvalue weighted by molar-refractivity contribution is -0.126. The maximum atomic E-state index is 8.95. The highest BCUT2D eigenvalue weighted by molar-refractivity contribution is 5.85. The third-order valence-electron chi connectivity index (χ3n) is 0.0962. The van der Waals surface area contributed by atoms with Crippen LogP contribution in [0.4, 0.5) is 0 Å². The van der Waals surface area contributed by atoms with Crippen LogP contribution in [-0.4, -0.2) is 13.6 Å². The van der Waals surface area contributed by atoms with Crippen LogP contribution >= 0.6 is 12.4 Å². The van der Waals surface area contributed by atoms with Crippen molar-refractivity contribution in [3.8, 4) is 0 Å². The van der Waals surface area contributed by atoms with E-state index < -0.39 is 0 Å². The van der Waals surface area contributed by atoms with Crippen molar-refractivity contribution >= 4 is 18.9 Å². The van der Waals surface area contributed by atoms with Crippen LogP contribution in [0, 0.1) is 0 Å². The lowest BCUT2D eigenvalue weighted by Crippen LogP contribution is -1.68. The number of rotatable bonds is 1. The Morgan fingerprint density at radius 1 is 1.80 bits per heavy atom. The molecular weight excluding hydrogens is 91.5 g/mol. The zero-order valence-corrected chi connectivity index (χ0v) is 3.62. The fourth-order valence-corrected chi connectivity index (χ4v) is 0. The second-order valence-electron chi connectivity index (χ2n) is 0.332. The van der Waals surface area contributed by atoms with Crippen molar-refractivity contribution in [2.45, 2.75) is 0 Å². The molecule has 0 saturated heterocycles. The Bertz CT molecular complexity index is 21.6. The van der Waals surface area contributed by atoms with E-state index in [1.54, 1.807) is 0 Å². The lowest BCUT2D eigenvalue weighted by Gasteiger charge is -1.67. The summed E-state index contributed by atoms with van der Waals surface area (Å²) in [5.41, 5.74) is 0. The number of halogens is 1. The molecular formula is C2H5ClO2. The van der Waals surface area contributed by atoms with Gasteiger partial charge in [0.2, 0.25) is 0 Å². The van der Waals surface area contributed by atoms with Gasteiger partial charge in [-0.3, -0.25) is 4.79 Å². The molecule has 0 aliphatic carbocycles. The van der Waals surface area contributed by atoms with Gasteiger partial charge in [-0.1, -0.05) is 0 Å². The zero-order chi connectivity index (χ0) is 3.41.